The van der Waals surface area contributed by atoms with Gasteiger partial charge in [-0.1, -0.05) is 0 Å². The molecule has 3 atom stereocenters. The van der Waals surface area contributed by atoms with Crippen LogP contribution in [-0.4, -0.2) is 36.0 Å². The first-order chi connectivity index (χ1) is 7.29. The fourth-order valence-corrected chi connectivity index (χ4v) is 3.29. The van der Waals surface area contributed by atoms with Crippen LogP contribution in [0.15, 0.2) is 0 Å². The van der Waals surface area contributed by atoms with Crippen LogP contribution < -0.4 is 10.6 Å². The Balaban J connectivity index is 1.74. The summed E-state index contributed by atoms with van der Waals surface area (Å²) in [5, 5.41) is 7.16. The maximum absolute atomic E-state index is 11.8. The molecule has 1 aliphatic heterocycles. The molecule has 3 nitrogen and oxygen atoms in total. The summed E-state index contributed by atoms with van der Waals surface area (Å²) in [5.74, 6) is 0.222. The van der Waals surface area contributed by atoms with Crippen LogP contribution in [0.3, 0.4) is 0 Å². The predicted molar refractivity (Wildman–Crippen MR) is 64.1 cm³/mol. The van der Waals surface area contributed by atoms with Gasteiger partial charge in [-0.2, -0.15) is 11.8 Å². The van der Waals surface area contributed by atoms with Crippen molar-refractivity contribution in [2.24, 2.45) is 0 Å². The first kappa shape index (κ1) is 11.3. The SMILES string of the molecule is CSC1CCC(NC(=O)C2CCCN2)C1. The summed E-state index contributed by atoms with van der Waals surface area (Å²) < 4.78 is 0. The van der Waals surface area contributed by atoms with Gasteiger partial charge in [0.05, 0.1) is 6.04 Å². The van der Waals surface area contributed by atoms with Crippen LogP contribution in [0.25, 0.3) is 0 Å². The molecule has 0 radical (unpaired) electrons. The standard InChI is InChI=1S/C11H20N2OS/c1-15-9-5-4-8(7-9)13-11(14)10-3-2-6-12-10/h8-10,12H,2-7H2,1H3,(H,13,14). The Morgan fingerprint density at radius 3 is 2.87 bits per heavy atom. The third-order valence-corrected chi connectivity index (χ3v) is 4.54. The van der Waals surface area contributed by atoms with Gasteiger partial charge in [0.2, 0.25) is 5.91 Å². The van der Waals surface area contributed by atoms with Gasteiger partial charge in [-0.05, 0) is 44.9 Å². The average Bonchev–Trinajstić information content (AvgIpc) is 2.87. The number of hydrogen-bond donors (Lipinski definition) is 2. The minimum atomic E-state index is 0.0818. The Morgan fingerprint density at radius 2 is 2.27 bits per heavy atom. The van der Waals surface area contributed by atoms with Gasteiger partial charge in [0, 0.05) is 11.3 Å². The highest BCUT2D eigenvalue weighted by atomic mass is 32.2. The molecule has 1 saturated heterocycles. The summed E-state index contributed by atoms with van der Waals surface area (Å²) in [7, 11) is 0. The van der Waals surface area contributed by atoms with E-state index in [4.69, 9.17) is 0 Å². The molecule has 0 aromatic heterocycles. The van der Waals surface area contributed by atoms with E-state index in [1.165, 1.54) is 6.42 Å². The molecule has 2 aliphatic rings. The second kappa shape index (κ2) is 5.21. The molecule has 0 aromatic rings. The highest BCUT2D eigenvalue weighted by molar-refractivity contribution is 7.99. The zero-order valence-electron chi connectivity index (χ0n) is 9.29. The molecule has 0 aromatic carbocycles. The largest absolute Gasteiger partial charge is 0.352 e. The summed E-state index contributed by atoms with van der Waals surface area (Å²) in [6, 6.07) is 0.510. The summed E-state index contributed by atoms with van der Waals surface area (Å²) in [6.45, 7) is 0.996. The van der Waals surface area contributed by atoms with Crippen molar-refractivity contribution in [1.29, 1.82) is 0 Å². The summed E-state index contributed by atoms with van der Waals surface area (Å²) in [4.78, 5) is 11.8. The third kappa shape index (κ3) is 2.88. The molecule has 1 heterocycles. The van der Waals surface area contributed by atoms with Gasteiger partial charge in [0.15, 0.2) is 0 Å². The van der Waals surface area contributed by atoms with Crippen LogP contribution in [0, 0.1) is 0 Å². The fraction of sp³-hybridized carbons (Fsp3) is 0.909. The van der Waals surface area contributed by atoms with Gasteiger partial charge in [-0.25, -0.2) is 0 Å². The van der Waals surface area contributed by atoms with Crippen LogP contribution >= 0.6 is 11.8 Å². The highest BCUT2D eigenvalue weighted by Crippen LogP contribution is 2.28. The number of carbonyl (C=O) groups is 1. The molecular formula is C11H20N2OS. The Bertz CT molecular complexity index is 229. The first-order valence-corrected chi connectivity index (χ1v) is 7.15. The lowest BCUT2D eigenvalue weighted by Crippen LogP contribution is -2.44. The number of nitrogens with one attached hydrogen (secondary N) is 2. The summed E-state index contributed by atoms with van der Waals surface area (Å²) >= 11 is 1.93. The minimum absolute atomic E-state index is 0.0818. The lowest BCUT2D eigenvalue weighted by molar-refractivity contribution is -0.123. The van der Waals surface area contributed by atoms with Gasteiger partial charge in [0.1, 0.15) is 0 Å². The van der Waals surface area contributed by atoms with Crippen LogP contribution in [0.4, 0.5) is 0 Å². The maximum atomic E-state index is 11.8. The van der Waals surface area contributed by atoms with Crippen molar-refractivity contribution in [2.75, 3.05) is 12.8 Å². The second-order valence-electron chi connectivity index (χ2n) is 4.53. The number of hydrogen-bond acceptors (Lipinski definition) is 3. The van der Waals surface area contributed by atoms with Crippen molar-refractivity contribution < 1.29 is 4.79 Å². The molecule has 1 saturated carbocycles. The molecule has 2 rings (SSSR count). The number of rotatable bonds is 3. The Morgan fingerprint density at radius 1 is 1.40 bits per heavy atom. The van der Waals surface area contributed by atoms with Crippen molar-refractivity contribution in [3.8, 4) is 0 Å². The van der Waals surface area contributed by atoms with E-state index in [0.29, 0.717) is 6.04 Å². The third-order valence-electron chi connectivity index (χ3n) is 3.44. The smallest absolute Gasteiger partial charge is 0.237 e. The number of carbonyl (C=O) groups excluding carboxylic acids is 1. The lowest BCUT2D eigenvalue weighted by atomic mass is 10.2. The molecule has 3 unspecified atom stereocenters. The van der Waals surface area contributed by atoms with E-state index < -0.39 is 0 Å². The van der Waals surface area contributed by atoms with E-state index in [2.05, 4.69) is 16.9 Å². The molecule has 2 N–H and O–H groups in total. The van der Waals surface area contributed by atoms with Crippen LogP contribution in [0.5, 0.6) is 0 Å². The van der Waals surface area contributed by atoms with Gasteiger partial charge in [-0.3, -0.25) is 4.79 Å². The quantitative estimate of drug-likeness (QED) is 0.761. The van der Waals surface area contributed by atoms with Gasteiger partial charge >= 0.3 is 0 Å². The van der Waals surface area contributed by atoms with E-state index >= 15 is 0 Å². The molecule has 1 aliphatic carbocycles. The Labute approximate surface area is 95.8 Å². The summed E-state index contributed by atoms with van der Waals surface area (Å²) in [6.07, 6.45) is 7.86. The molecule has 1 amide bonds. The van der Waals surface area contributed by atoms with E-state index in [9.17, 15) is 4.79 Å². The van der Waals surface area contributed by atoms with Crippen LogP contribution in [-0.2, 0) is 4.79 Å². The van der Waals surface area contributed by atoms with Crippen molar-refractivity contribution in [3.05, 3.63) is 0 Å². The zero-order valence-corrected chi connectivity index (χ0v) is 10.1. The molecule has 15 heavy (non-hydrogen) atoms. The van der Waals surface area contributed by atoms with Crippen molar-refractivity contribution >= 4 is 17.7 Å². The minimum Gasteiger partial charge on any atom is -0.352 e. The monoisotopic (exact) mass is 228 g/mol. The molecule has 2 fully saturated rings. The second-order valence-corrected chi connectivity index (χ2v) is 5.66. The molecular weight excluding hydrogens is 208 g/mol. The maximum Gasteiger partial charge on any atom is 0.237 e. The Hall–Kier alpha value is -0.220. The van der Waals surface area contributed by atoms with Crippen LogP contribution in [0.1, 0.15) is 32.1 Å². The molecule has 0 bridgehead atoms. The highest BCUT2D eigenvalue weighted by Gasteiger charge is 2.28. The first-order valence-electron chi connectivity index (χ1n) is 5.86. The number of thioether (sulfide) groups is 1. The van der Waals surface area contributed by atoms with E-state index in [1.807, 2.05) is 11.8 Å². The van der Waals surface area contributed by atoms with Gasteiger partial charge in [-0.15, -0.1) is 0 Å². The average molecular weight is 228 g/mol. The predicted octanol–water partition coefficient (Wildman–Crippen LogP) is 1.14. The van der Waals surface area contributed by atoms with Crippen molar-refractivity contribution in [2.45, 2.75) is 49.4 Å². The summed E-state index contributed by atoms with van der Waals surface area (Å²) in [5.41, 5.74) is 0. The molecule has 0 spiro atoms. The van der Waals surface area contributed by atoms with Crippen LogP contribution in [0.2, 0.25) is 0 Å². The number of amides is 1. The normalized spacial score (nSPS) is 35.7. The fourth-order valence-electron chi connectivity index (χ4n) is 2.50. The van der Waals surface area contributed by atoms with E-state index in [-0.39, 0.29) is 11.9 Å². The van der Waals surface area contributed by atoms with Crippen molar-refractivity contribution in [3.63, 3.8) is 0 Å². The van der Waals surface area contributed by atoms with Crippen molar-refractivity contribution in [1.82, 2.24) is 10.6 Å². The van der Waals surface area contributed by atoms with Gasteiger partial charge in [0.25, 0.3) is 0 Å². The van der Waals surface area contributed by atoms with E-state index in [0.717, 1.165) is 37.5 Å². The molecule has 86 valence electrons. The Kier molecular flexibility index (Phi) is 3.92. The van der Waals surface area contributed by atoms with Gasteiger partial charge < -0.3 is 10.6 Å². The lowest BCUT2D eigenvalue weighted by Gasteiger charge is -2.16. The molecule has 4 heteroatoms. The van der Waals surface area contributed by atoms with E-state index in [1.54, 1.807) is 0 Å². The topological polar surface area (TPSA) is 41.1 Å². The zero-order chi connectivity index (χ0) is 10.7.